The van der Waals surface area contributed by atoms with Crippen molar-refractivity contribution in [3.05, 3.63) is 77.1 Å². The van der Waals surface area contributed by atoms with Crippen molar-refractivity contribution >= 4 is 39.1 Å². The average molecular weight is 501 g/mol. The average Bonchev–Trinajstić information content (AvgIpc) is 3.60. The predicted octanol–water partition coefficient (Wildman–Crippen LogP) is 4.76. The van der Waals surface area contributed by atoms with Crippen LogP contribution in [0.2, 0.25) is 0 Å². The number of halogens is 3. The number of nitrogens with two attached hydrogens (primary N) is 1. The largest absolute Gasteiger partial charge is 0.464 e. The van der Waals surface area contributed by atoms with Crippen LogP contribution in [0.4, 0.5) is 18.9 Å². The number of rotatable bonds is 6. The summed E-state index contributed by atoms with van der Waals surface area (Å²) in [6.07, 6.45) is -0.150. The molecule has 3 N–H and O–H groups in total. The zero-order valence-corrected chi connectivity index (χ0v) is 18.3. The van der Waals surface area contributed by atoms with Crippen LogP contribution < -0.4 is 11.1 Å². The van der Waals surface area contributed by atoms with Crippen LogP contribution >= 0.6 is 11.3 Å². The minimum atomic E-state index is -4.75. The second-order valence-electron chi connectivity index (χ2n) is 7.30. The highest BCUT2D eigenvalue weighted by Gasteiger charge is 2.35. The third kappa shape index (κ3) is 4.28. The summed E-state index contributed by atoms with van der Waals surface area (Å²) in [5, 5.41) is 6.70. The number of nitrogens with one attached hydrogen (secondary N) is 1. The molecule has 0 spiro atoms. The zero-order chi connectivity index (χ0) is 24.7. The van der Waals surface area contributed by atoms with Crippen LogP contribution in [0.1, 0.15) is 31.7 Å². The second kappa shape index (κ2) is 8.43. The van der Waals surface area contributed by atoms with E-state index in [0.29, 0.717) is 17.1 Å². The van der Waals surface area contributed by atoms with E-state index < -0.39 is 23.7 Å². The number of carbonyl (C=O) groups is 2. The number of pyridine rings is 1. The molecular weight excluding hydrogens is 487 g/mol. The van der Waals surface area contributed by atoms with Crippen LogP contribution in [0.15, 0.2) is 63.9 Å². The summed E-state index contributed by atoms with van der Waals surface area (Å²) < 4.78 is 53.0. The molecule has 0 saturated heterocycles. The number of alkyl halides is 3. The monoisotopic (exact) mass is 501 g/mol. The molecule has 5 rings (SSSR count). The summed E-state index contributed by atoms with van der Waals surface area (Å²) in [4.78, 5) is 28.5. The Balaban J connectivity index is 1.59. The topological polar surface area (TPSA) is 129 Å². The molecule has 35 heavy (non-hydrogen) atoms. The Labute approximate surface area is 198 Å². The van der Waals surface area contributed by atoms with Gasteiger partial charge < -0.3 is 19.9 Å². The number of anilines is 1. The first-order valence-corrected chi connectivity index (χ1v) is 10.8. The quantitative estimate of drug-likeness (QED) is 0.345. The lowest BCUT2D eigenvalue weighted by Gasteiger charge is -2.10. The fourth-order valence-electron chi connectivity index (χ4n) is 3.48. The number of amides is 2. The molecule has 5 heterocycles. The number of aromatic nitrogens is 3. The molecule has 13 heteroatoms. The Morgan fingerprint density at radius 2 is 2.03 bits per heavy atom. The first kappa shape index (κ1) is 22.4. The van der Waals surface area contributed by atoms with E-state index in [2.05, 4.69) is 15.4 Å². The summed E-state index contributed by atoms with van der Waals surface area (Å²) in [6, 6.07) is 8.50. The Bertz CT molecular complexity index is 1540. The molecule has 0 aliphatic rings. The molecule has 9 nitrogen and oxygen atoms in total. The summed E-state index contributed by atoms with van der Waals surface area (Å²) in [6.45, 7) is 0.279. The molecule has 0 fully saturated rings. The highest BCUT2D eigenvalue weighted by molar-refractivity contribution is 7.21. The van der Waals surface area contributed by atoms with E-state index in [1.165, 1.54) is 24.5 Å². The number of fused-ring (bicyclic) bond motifs is 1. The standard InChI is InChI=1S/C22H14F3N5O4S/c23-22(24,25)15-9-12(13-3-1-8-33-13)16-17(18(19(26)31)35-21(16)28-15)29-20(32)14-5-4-11(34-14)10-30-7-2-6-27-30/h1-9H,10H2,(H2,26,31)(H,29,32). The van der Waals surface area contributed by atoms with Gasteiger partial charge in [0, 0.05) is 23.3 Å². The van der Waals surface area contributed by atoms with Gasteiger partial charge in [-0.25, -0.2) is 4.98 Å². The molecule has 0 unspecified atom stereocenters. The van der Waals surface area contributed by atoms with Gasteiger partial charge in [0.15, 0.2) is 5.76 Å². The van der Waals surface area contributed by atoms with Crippen LogP contribution in [-0.2, 0) is 12.7 Å². The Morgan fingerprint density at radius 3 is 2.69 bits per heavy atom. The van der Waals surface area contributed by atoms with Crippen molar-refractivity contribution in [2.45, 2.75) is 12.7 Å². The third-order valence-electron chi connectivity index (χ3n) is 4.96. The SMILES string of the molecule is NC(=O)c1sc2nc(C(F)(F)F)cc(-c3ccco3)c2c1NC(=O)c1ccc(Cn2cccn2)o1. The van der Waals surface area contributed by atoms with Gasteiger partial charge in [-0.1, -0.05) is 0 Å². The molecule has 0 aromatic carbocycles. The maximum absolute atomic E-state index is 13.5. The zero-order valence-electron chi connectivity index (χ0n) is 17.5. The van der Waals surface area contributed by atoms with Crippen molar-refractivity contribution in [3.63, 3.8) is 0 Å². The van der Waals surface area contributed by atoms with E-state index in [0.717, 1.165) is 6.07 Å². The van der Waals surface area contributed by atoms with Crippen molar-refractivity contribution in [1.82, 2.24) is 14.8 Å². The molecule has 0 aliphatic carbocycles. The lowest BCUT2D eigenvalue weighted by molar-refractivity contribution is -0.140. The number of nitrogens with zero attached hydrogens (tertiary/aromatic N) is 3. The molecule has 0 bridgehead atoms. The molecule has 178 valence electrons. The molecule has 0 radical (unpaired) electrons. The molecular formula is C22H14F3N5O4S. The molecule has 0 atom stereocenters. The molecule has 5 aromatic heterocycles. The Morgan fingerprint density at radius 1 is 1.20 bits per heavy atom. The summed E-state index contributed by atoms with van der Waals surface area (Å²) >= 11 is 0.635. The van der Waals surface area contributed by atoms with Gasteiger partial charge in [-0.15, -0.1) is 11.3 Å². The first-order valence-electron chi connectivity index (χ1n) is 9.96. The van der Waals surface area contributed by atoms with Gasteiger partial charge in [0.25, 0.3) is 11.8 Å². The van der Waals surface area contributed by atoms with Crippen LogP contribution in [0.3, 0.4) is 0 Å². The van der Waals surface area contributed by atoms with E-state index in [4.69, 9.17) is 14.6 Å². The second-order valence-corrected chi connectivity index (χ2v) is 8.30. The van der Waals surface area contributed by atoms with Crippen molar-refractivity contribution in [2.75, 3.05) is 5.32 Å². The fraction of sp³-hybridized carbons (Fsp3) is 0.0909. The van der Waals surface area contributed by atoms with Gasteiger partial charge in [-0.3, -0.25) is 14.3 Å². The molecule has 2 amide bonds. The highest BCUT2D eigenvalue weighted by atomic mass is 32.1. The number of hydrogen-bond acceptors (Lipinski definition) is 7. The van der Waals surface area contributed by atoms with Crippen LogP contribution in [0.25, 0.3) is 21.5 Å². The predicted molar refractivity (Wildman–Crippen MR) is 119 cm³/mol. The van der Waals surface area contributed by atoms with Crippen LogP contribution in [0.5, 0.6) is 0 Å². The first-order chi connectivity index (χ1) is 16.7. The lowest BCUT2D eigenvalue weighted by Crippen LogP contribution is -2.16. The molecule has 0 saturated carbocycles. The van der Waals surface area contributed by atoms with Crippen LogP contribution in [0, 0.1) is 0 Å². The summed E-state index contributed by atoms with van der Waals surface area (Å²) in [5.41, 5.74) is 4.21. The number of carbonyl (C=O) groups excluding carboxylic acids is 2. The van der Waals surface area contributed by atoms with E-state index in [-0.39, 0.29) is 44.4 Å². The Kier molecular flexibility index (Phi) is 5.40. The molecule has 5 aromatic rings. The summed E-state index contributed by atoms with van der Waals surface area (Å²) in [5.74, 6) is -1.23. The summed E-state index contributed by atoms with van der Waals surface area (Å²) in [7, 11) is 0. The smallest absolute Gasteiger partial charge is 0.433 e. The van der Waals surface area contributed by atoms with Crippen molar-refractivity contribution < 1.29 is 31.6 Å². The van der Waals surface area contributed by atoms with E-state index in [9.17, 15) is 22.8 Å². The Hall–Kier alpha value is -4.39. The maximum Gasteiger partial charge on any atom is 0.433 e. The fourth-order valence-corrected chi connectivity index (χ4v) is 4.48. The van der Waals surface area contributed by atoms with E-state index >= 15 is 0 Å². The van der Waals surface area contributed by atoms with Crippen LogP contribution in [-0.4, -0.2) is 26.6 Å². The maximum atomic E-state index is 13.5. The van der Waals surface area contributed by atoms with Gasteiger partial charge in [0.05, 0.1) is 18.5 Å². The minimum Gasteiger partial charge on any atom is -0.464 e. The highest BCUT2D eigenvalue weighted by Crippen LogP contribution is 2.43. The van der Waals surface area contributed by atoms with Crippen molar-refractivity contribution in [2.24, 2.45) is 5.73 Å². The van der Waals surface area contributed by atoms with Gasteiger partial charge in [-0.05, 0) is 36.4 Å². The van der Waals surface area contributed by atoms with Crippen molar-refractivity contribution in [1.29, 1.82) is 0 Å². The van der Waals surface area contributed by atoms with Gasteiger partial charge in [0.2, 0.25) is 0 Å². The normalized spacial score (nSPS) is 11.7. The molecule has 0 aliphatic heterocycles. The van der Waals surface area contributed by atoms with E-state index in [1.54, 1.807) is 29.2 Å². The number of thiophene rings is 1. The lowest BCUT2D eigenvalue weighted by atomic mass is 10.1. The van der Waals surface area contributed by atoms with Gasteiger partial charge >= 0.3 is 6.18 Å². The number of hydrogen-bond donors (Lipinski definition) is 2. The number of primary amides is 1. The van der Waals surface area contributed by atoms with E-state index in [1.807, 2.05) is 0 Å². The van der Waals surface area contributed by atoms with Crippen molar-refractivity contribution in [3.8, 4) is 11.3 Å². The van der Waals surface area contributed by atoms with Gasteiger partial charge in [0.1, 0.15) is 26.9 Å². The number of furan rings is 2. The third-order valence-corrected chi connectivity index (χ3v) is 6.06. The van der Waals surface area contributed by atoms with Gasteiger partial charge in [-0.2, -0.15) is 18.3 Å². The minimum absolute atomic E-state index is 0.00908.